The van der Waals surface area contributed by atoms with Crippen LogP contribution in [0.4, 0.5) is 0 Å². The zero-order chi connectivity index (χ0) is 8.15. The molecule has 0 saturated carbocycles. The Kier molecular flexibility index (Phi) is 9.40. The zero-order valence-corrected chi connectivity index (χ0v) is 9.61. The Morgan fingerprint density at radius 3 is 1.18 bits per heavy atom. The summed E-state index contributed by atoms with van der Waals surface area (Å²) in [6.45, 7) is 9.92. The Morgan fingerprint density at radius 1 is 0.727 bits per heavy atom. The van der Waals surface area contributed by atoms with Crippen molar-refractivity contribution >= 4 is 0 Å². The second-order valence-electron chi connectivity index (χ2n) is 2.94. The maximum atomic E-state index is 5.34. The van der Waals surface area contributed by atoms with E-state index in [1.807, 2.05) is 34.6 Å². The van der Waals surface area contributed by atoms with Crippen LogP contribution in [-0.4, -0.2) is 18.5 Å². The smallest absolute Gasteiger partial charge is 0.155 e. The molecule has 0 N–H and O–H groups in total. The summed E-state index contributed by atoms with van der Waals surface area (Å²) < 4.78 is 10.7. The molecule has 0 saturated heterocycles. The van der Waals surface area contributed by atoms with Gasteiger partial charge >= 0.3 is 0 Å². The van der Waals surface area contributed by atoms with Crippen LogP contribution in [0.25, 0.3) is 0 Å². The van der Waals surface area contributed by atoms with Crippen LogP contribution in [0.3, 0.4) is 0 Å². The Hall–Kier alpha value is 0.634. The van der Waals surface area contributed by atoms with Crippen molar-refractivity contribution in [1.82, 2.24) is 0 Å². The van der Waals surface area contributed by atoms with E-state index in [1.54, 1.807) is 0 Å². The van der Waals surface area contributed by atoms with Gasteiger partial charge in [-0.25, -0.2) is 0 Å². The van der Waals surface area contributed by atoms with Crippen molar-refractivity contribution in [3.8, 4) is 0 Å². The van der Waals surface area contributed by atoms with Crippen LogP contribution in [0.1, 0.15) is 34.6 Å². The molecule has 11 heavy (non-hydrogen) atoms. The third kappa shape index (κ3) is 10.6. The van der Waals surface area contributed by atoms with E-state index in [0.717, 1.165) is 0 Å². The van der Waals surface area contributed by atoms with Crippen LogP contribution < -0.4 is 0 Å². The maximum Gasteiger partial charge on any atom is 0.155 e. The number of hydrogen-bond acceptors (Lipinski definition) is 2. The molecule has 0 radical (unpaired) electrons. The normalized spacial score (nSPS) is 10.9. The summed E-state index contributed by atoms with van der Waals surface area (Å²) in [6, 6.07) is 0. The average Bonchev–Trinajstić information content (AvgIpc) is 1.58. The van der Waals surface area contributed by atoms with Gasteiger partial charge in [-0.3, -0.25) is 0 Å². The molecule has 0 aliphatic heterocycles. The summed E-state index contributed by atoms with van der Waals surface area (Å²) in [7, 11) is 0. The molecule has 0 aliphatic rings. The quantitative estimate of drug-likeness (QED) is 0.504. The van der Waals surface area contributed by atoms with E-state index in [-0.39, 0.29) is 40.2 Å². The van der Waals surface area contributed by atoms with Crippen molar-refractivity contribution in [2.45, 2.75) is 53.1 Å². The fourth-order valence-corrected chi connectivity index (χ4v) is 0.799. The first-order chi connectivity index (χ1) is 4.52. The van der Waals surface area contributed by atoms with E-state index in [1.165, 1.54) is 0 Å². The maximum absolute atomic E-state index is 5.34. The fourth-order valence-electron chi connectivity index (χ4n) is 0.799. The molecule has 0 aromatic rings. The Morgan fingerprint density at radius 2 is 1.00 bits per heavy atom. The van der Waals surface area contributed by atoms with Gasteiger partial charge in [-0.1, -0.05) is 0 Å². The van der Waals surface area contributed by atoms with E-state index < -0.39 is 0 Å². The third-order valence-corrected chi connectivity index (χ3v) is 0.928. The first-order valence-corrected chi connectivity index (χ1v) is 3.83. The van der Waals surface area contributed by atoms with Gasteiger partial charge < -0.3 is 9.47 Å². The van der Waals surface area contributed by atoms with Crippen LogP contribution >= 0.6 is 0 Å². The van der Waals surface area contributed by atoms with E-state index in [2.05, 4.69) is 0 Å². The first-order valence-electron chi connectivity index (χ1n) is 3.83. The number of ether oxygens (including phenoxy) is 2. The summed E-state index contributed by atoms with van der Waals surface area (Å²) >= 11 is 0. The SMILES string of the molecule is CC(C)OC(C)OC(C)C.[Ti]. The van der Waals surface area contributed by atoms with Gasteiger partial charge in [-0.2, -0.15) is 0 Å². The van der Waals surface area contributed by atoms with Gasteiger partial charge in [-0.05, 0) is 34.6 Å². The first kappa shape index (κ1) is 14.2. The van der Waals surface area contributed by atoms with E-state index in [4.69, 9.17) is 9.47 Å². The van der Waals surface area contributed by atoms with Gasteiger partial charge in [0.2, 0.25) is 0 Å². The van der Waals surface area contributed by atoms with Gasteiger partial charge in [0.1, 0.15) is 0 Å². The minimum atomic E-state index is -0.0833. The molecule has 0 heterocycles. The summed E-state index contributed by atoms with van der Waals surface area (Å²) in [5, 5.41) is 0. The standard InChI is InChI=1S/C8H18O2.Ti/c1-6(2)9-8(5)10-7(3)4;/h6-8H,1-5H3;. The Labute approximate surface area is 84.5 Å². The molecule has 0 aliphatic carbocycles. The fraction of sp³-hybridized carbons (Fsp3) is 1.00. The summed E-state index contributed by atoms with van der Waals surface area (Å²) in [6.07, 6.45) is 0.405. The molecular formula is C8H18O2Ti. The molecule has 3 heteroatoms. The predicted molar refractivity (Wildman–Crippen MR) is 41.9 cm³/mol. The van der Waals surface area contributed by atoms with Crippen LogP contribution in [0.5, 0.6) is 0 Å². The van der Waals surface area contributed by atoms with Crippen molar-refractivity contribution in [1.29, 1.82) is 0 Å². The average molecular weight is 194 g/mol. The van der Waals surface area contributed by atoms with E-state index >= 15 is 0 Å². The van der Waals surface area contributed by atoms with Gasteiger partial charge in [0.05, 0.1) is 12.2 Å². The second-order valence-corrected chi connectivity index (χ2v) is 2.94. The molecule has 0 aromatic carbocycles. The minimum absolute atomic E-state index is 0. The van der Waals surface area contributed by atoms with Gasteiger partial charge in [0, 0.05) is 21.7 Å². The van der Waals surface area contributed by atoms with Gasteiger partial charge in [0.25, 0.3) is 0 Å². The molecule has 0 atom stereocenters. The van der Waals surface area contributed by atoms with Crippen molar-refractivity contribution < 1.29 is 31.2 Å². The van der Waals surface area contributed by atoms with Crippen molar-refractivity contribution in [2.75, 3.05) is 0 Å². The number of hydrogen-bond donors (Lipinski definition) is 0. The summed E-state index contributed by atoms with van der Waals surface area (Å²) in [4.78, 5) is 0. The van der Waals surface area contributed by atoms with Crippen LogP contribution in [-0.2, 0) is 31.2 Å². The summed E-state index contributed by atoms with van der Waals surface area (Å²) in [5.74, 6) is 0. The summed E-state index contributed by atoms with van der Waals surface area (Å²) in [5.41, 5.74) is 0. The van der Waals surface area contributed by atoms with Crippen molar-refractivity contribution in [3.63, 3.8) is 0 Å². The Balaban J connectivity index is 0. The third-order valence-electron chi connectivity index (χ3n) is 0.928. The molecule has 0 rings (SSSR count). The topological polar surface area (TPSA) is 18.5 Å². The van der Waals surface area contributed by atoms with Crippen molar-refractivity contribution in [2.24, 2.45) is 0 Å². The largest absolute Gasteiger partial charge is 0.350 e. The molecule has 66 valence electrons. The van der Waals surface area contributed by atoms with Crippen LogP contribution in [0.15, 0.2) is 0 Å². The van der Waals surface area contributed by atoms with Gasteiger partial charge in [-0.15, -0.1) is 0 Å². The minimum Gasteiger partial charge on any atom is -0.350 e. The zero-order valence-electron chi connectivity index (χ0n) is 8.05. The Bertz CT molecular complexity index is 74.2. The molecule has 2 nitrogen and oxygen atoms in total. The molecule has 0 unspecified atom stereocenters. The predicted octanol–water partition coefficient (Wildman–Crippen LogP) is 2.18. The van der Waals surface area contributed by atoms with Crippen LogP contribution in [0, 0.1) is 0 Å². The molecule has 0 fully saturated rings. The molecule has 0 bridgehead atoms. The second kappa shape index (κ2) is 7.29. The molecule has 0 amide bonds. The number of rotatable bonds is 4. The molecular weight excluding hydrogens is 176 g/mol. The molecule has 0 spiro atoms. The monoisotopic (exact) mass is 194 g/mol. The molecule has 0 aromatic heterocycles. The van der Waals surface area contributed by atoms with E-state index in [9.17, 15) is 0 Å². The van der Waals surface area contributed by atoms with Crippen molar-refractivity contribution in [3.05, 3.63) is 0 Å². The van der Waals surface area contributed by atoms with E-state index in [0.29, 0.717) is 0 Å². The van der Waals surface area contributed by atoms with Crippen LogP contribution in [0.2, 0.25) is 0 Å². The van der Waals surface area contributed by atoms with Gasteiger partial charge in [0.15, 0.2) is 6.29 Å².